The number of allylic oxidation sites excluding steroid dienone is 1. The van der Waals surface area contributed by atoms with E-state index < -0.39 is 0 Å². The van der Waals surface area contributed by atoms with Crippen molar-refractivity contribution >= 4 is 6.08 Å². The third-order valence-electron chi connectivity index (χ3n) is 1.14. The molecule has 56 valence electrons. The lowest BCUT2D eigenvalue weighted by molar-refractivity contribution is 0.565. The van der Waals surface area contributed by atoms with Crippen LogP contribution in [-0.4, -0.2) is 6.08 Å². The zero-order chi connectivity index (χ0) is 7.82. The summed E-state index contributed by atoms with van der Waals surface area (Å²) in [5.74, 6) is 0.713. The molecule has 0 amide bonds. The minimum absolute atomic E-state index is 0.713. The fourth-order valence-electron chi connectivity index (χ4n) is 0.587. The van der Waals surface area contributed by atoms with Gasteiger partial charge in [0.25, 0.3) is 0 Å². The van der Waals surface area contributed by atoms with E-state index in [1.165, 1.54) is 12.3 Å². The van der Waals surface area contributed by atoms with E-state index in [0.717, 1.165) is 12.8 Å². The highest BCUT2D eigenvalue weighted by molar-refractivity contribution is 5.34. The van der Waals surface area contributed by atoms with Crippen molar-refractivity contribution in [2.75, 3.05) is 0 Å². The second kappa shape index (κ2) is 6.24. The van der Waals surface area contributed by atoms with E-state index in [1.807, 2.05) is 6.08 Å². The van der Waals surface area contributed by atoms with E-state index in [2.05, 4.69) is 18.8 Å². The van der Waals surface area contributed by atoms with E-state index >= 15 is 0 Å². The summed E-state index contributed by atoms with van der Waals surface area (Å²) >= 11 is 0. The van der Waals surface area contributed by atoms with Gasteiger partial charge in [-0.3, -0.25) is 0 Å². The number of hydrogen-bond donors (Lipinski definition) is 0. The lowest BCUT2D eigenvalue weighted by Gasteiger charge is -1.97. The molecule has 0 unspecified atom stereocenters. The van der Waals surface area contributed by atoms with Gasteiger partial charge in [0, 0.05) is 6.20 Å². The fourth-order valence-corrected chi connectivity index (χ4v) is 0.587. The average molecular weight is 139 g/mol. The minimum Gasteiger partial charge on any atom is -0.211 e. The molecule has 0 saturated heterocycles. The topological polar surface area (TPSA) is 29.4 Å². The van der Waals surface area contributed by atoms with Gasteiger partial charge in [0.2, 0.25) is 6.08 Å². The smallest absolute Gasteiger partial charge is 0.211 e. The van der Waals surface area contributed by atoms with Crippen LogP contribution in [0.1, 0.15) is 26.7 Å². The molecular weight excluding hydrogens is 126 g/mol. The van der Waals surface area contributed by atoms with Gasteiger partial charge in [-0.15, -0.1) is 0 Å². The van der Waals surface area contributed by atoms with Gasteiger partial charge in [0.15, 0.2) is 0 Å². The van der Waals surface area contributed by atoms with Gasteiger partial charge >= 0.3 is 0 Å². The van der Waals surface area contributed by atoms with E-state index in [-0.39, 0.29) is 0 Å². The van der Waals surface area contributed by atoms with Gasteiger partial charge in [-0.2, -0.15) is 4.99 Å². The molecule has 0 saturated carbocycles. The number of nitrogens with zero attached hydrogens (tertiary/aromatic N) is 1. The molecule has 10 heavy (non-hydrogen) atoms. The number of isocyanates is 1. The van der Waals surface area contributed by atoms with Crippen molar-refractivity contribution in [2.24, 2.45) is 10.9 Å². The lowest BCUT2D eigenvalue weighted by atomic mass is 10.1. The van der Waals surface area contributed by atoms with Gasteiger partial charge in [-0.25, -0.2) is 4.79 Å². The average Bonchev–Trinajstić information content (AvgIpc) is 1.87. The SMILES string of the molecule is CC(C)CCC=CN=C=O. The predicted octanol–water partition coefficient (Wildman–Crippen LogP) is 2.27. The number of rotatable bonds is 4. The Labute approximate surface area is 61.7 Å². The van der Waals surface area contributed by atoms with E-state index in [9.17, 15) is 4.79 Å². The third-order valence-corrected chi connectivity index (χ3v) is 1.14. The van der Waals surface area contributed by atoms with Gasteiger partial charge in [0.05, 0.1) is 0 Å². The molecule has 0 radical (unpaired) electrons. The van der Waals surface area contributed by atoms with Crippen molar-refractivity contribution in [1.29, 1.82) is 0 Å². The Morgan fingerprint density at radius 2 is 2.30 bits per heavy atom. The Hall–Kier alpha value is -0.880. The predicted molar refractivity (Wildman–Crippen MR) is 41.3 cm³/mol. The van der Waals surface area contributed by atoms with Crippen LogP contribution in [0.2, 0.25) is 0 Å². The fraction of sp³-hybridized carbons (Fsp3) is 0.625. The van der Waals surface area contributed by atoms with E-state index in [4.69, 9.17) is 0 Å². The van der Waals surface area contributed by atoms with Crippen LogP contribution in [0.3, 0.4) is 0 Å². The van der Waals surface area contributed by atoms with Crippen LogP contribution < -0.4 is 0 Å². The second-order valence-corrected chi connectivity index (χ2v) is 2.58. The molecule has 0 fully saturated rings. The molecule has 0 N–H and O–H groups in total. The highest BCUT2D eigenvalue weighted by Gasteiger charge is 1.88. The Kier molecular flexibility index (Phi) is 5.69. The van der Waals surface area contributed by atoms with Gasteiger partial charge in [-0.1, -0.05) is 19.9 Å². The third kappa shape index (κ3) is 7.12. The maximum atomic E-state index is 9.56. The minimum atomic E-state index is 0.713. The summed E-state index contributed by atoms with van der Waals surface area (Å²) in [4.78, 5) is 12.8. The van der Waals surface area contributed by atoms with Crippen molar-refractivity contribution in [3.05, 3.63) is 12.3 Å². The summed E-state index contributed by atoms with van der Waals surface area (Å²) in [6.45, 7) is 4.33. The lowest BCUT2D eigenvalue weighted by Crippen LogP contribution is -1.83. The standard InChI is InChI=1S/C8H13NO/c1-8(2)5-3-4-6-9-7-10/h4,6,8H,3,5H2,1-2H3. The zero-order valence-electron chi connectivity index (χ0n) is 6.50. The van der Waals surface area contributed by atoms with Gasteiger partial charge in [-0.05, 0) is 18.8 Å². The normalized spacial score (nSPS) is 10.3. The van der Waals surface area contributed by atoms with Crippen molar-refractivity contribution in [3.63, 3.8) is 0 Å². The van der Waals surface area contributed by atoms with Gasteiger partial charge < -0.3 is 0 Å². The summed E-state index contributed by atoms with van der Waals surface area (Å²) < 4.78 is 0. The Morgan fingerprint density at radius 1 is 1.60 bits per heavy atom. The zero-order valence-corrected chi connectivity index (χ0v) is 6.50. The molecule has 0 spiro atoms. The highest BCUT2D eigenvalue weighted by atomic mass is 16.1. The van der Waals surface area contributed by atoms with Crippen LogP contribution in [0.5, 0.6) is 0 Å². The molecule has 2 heteroatoms. The molecule has 0 aliphatic heterocycles. The Bertz CT molecular complexity index is 143. The maximum Gasteiger partial charge on any atom is 0.239 e. The summed E-state index contributed by atoms with van der Waals surface area (Å²) in [6.07, 6.45) is 6.95. The first kappa shape index (κ1) is 9.12. The Balaban J connectivity index is 3.26. The van der Waals surface area contributed by atoms with Crippen molar-refractivity contribution in [3.8, 4) is 0 Å². The molecule has 0 aliphatic rings. The summed E-state index contributed by atoms with van der Waals surface area (Å²) in [5, 5.41) is 0. The van der Waals surface area contributed by atoms with Crippen LogP contribution in [0.4, 0.5) is 0 Å². The molecule has 0 aromatic carbocycles. The van der Waals surface area contributed by atoms with Gasteiger partial charge in [0.1, 0.15) is 0 Å². The number of hydrogen-bond acceptors (Lipinski definition) is 2. The summed E-state index contributed by atoms with van der Waals surface area (Å²) in [7, 11) is 0. The molecule has 0 aromatic rings. The first-order valence-electron chi connectivity index (χ1n) is 3.49. The molecule has 0 aliphatic carbocycles. The summed E-state index contributed by atoms with van der Waals surface area (Å²) in [6, 6.07) is 0. The molecule has 0 atom stereocenters. The molecule has 0 heterocycles. The molecule has 2 nitrogen and oxygen atoms in total. The molecule has 0 bridgehead atoms. The first-order chi connectivity index (χ1) is 4.77. The van der Waals surface area contributed by atoms with Crippen LogP contribution in [0, 0.1) is 5.92 Å². The monoisotopic (exact) mass is 139 g/mol. The number of aliphatic imine (C=N–C) groups is 1. The van der Waals surface area contributed by atoms with Crippen molar-refractivity contribution < 1.29 is 4.79 Å². The Morgan fingerprint density at radius 3 is 2.80 bits per heavy atom. The molecule has 0 rings (SSSR count). The van der Waals surface area contributed by atoms with Crippen LogP contribution in [-0.2, 0) is 4.79 Å². The molecule has 0 aromatic heterocycles. The summed E-state index contributed by atoms with van der Waals surface area (Å²) in [5.41, 5.74) is 0. The largest absolute Gasteiger partial charge is 0.239 e. The number of carbonyl (C=O) groups excluding carboxylic acids is 1. The second-order valence-electron chi connectivity index (χ2n) is 2.58. The van der Waals surface area contributed by atoms with Crippen molar-refractivity contribution in [1.82, 2.24) is 0 Å². The van der Waals surface area contributed by atoms with Crippen LogP contribution in [0.25, 0.3) is 0 Å². The quantitative estimate of drug-likeness (QED) is 0.434. The van der Waals surface area contributed by atoms with E-state index in [1.54, 1.807) is 0 Å². The molecular formula is C8H13NO. The van der Waals surface area contributed by atoms with E-state index in [0.29, 0.717) is 5.92 Å². The van der Waals surface area contributed by atoms with Crippen LogP contribution in [0.15, 0.2) is 17.3 Å². The highest BCUT2D eigenvalue weighted by Crippen LogP contribution is 2.03. The van der Waals surface area contributed by atoms with Crippen LogP contribution >= 0.6 is 0 Å². The first-order valence-corrected chi connectivity index (χ1v) is 3.49. The van der Waals surface area contributed by atoms with Crippen molar-refractivity contribution in [2.45, 2.75) is 26.7 Å². The maximum absolute atomic E-state index is 9.56.